The van der Waals surface area contributed by atoms with Crippen molar-refractivity contribution in [3.63, 3.8) is 0 Å². The smallest absolute Gasteiger partial charge is 0.255 e. The van der Waals surface area contributed by atoms with Crippen LogP contribution >= 0.6 is 0 Å². The highest BCUT2D eigenvalue weighted by molar-refractivity contribution is 5.92. The van der Waals surface area contributed by atoms with Crippen molar-refractivity contribution in [2.24, 2.45) is 10.9 Å². The molecule has 2 aliphatic rings. The fourth-order valence-electron chi connectivity index (χ4n) is 4.28. The number of phenolic OH excluding ortho intramolecular Hbond substituents is 1. The van der Waals surface area contributed by atoms with E-state index in [9.17, 15) is 9.90 Å². The Labute approximate surface area is 183 Å². The van der Waals surface area contributed by atoms with Crippen LogP contribution in [-0.4, -0.2) is 48.6 Å². The standard InChI is InChI=1S/C25H31N3O3/c1-2-31-16-6-15-26-24(30)25(21-7-4-3-5-8-21)23(20-11-13-22(29)14-12-20)28(18-27-25)17-19-9-10-19/h3-5,7-8,11-14,18-19,23,29H,2,6,9-10,15-17H2,1H3,(H,26,30). The first-order valence-electron chi connectivity index (χ1n) is 11.2. The molecule has 2 unspecified atom stereocenters. The highest BCUT2D eigenvalue weighted by Gasteiger charge is 2.53. The second-order valence-electron chi connectivity index (χ2n) is 8.32. The number of carbonyl (C=O) groups is 1. The number of ether oxygens (including phenoxy) is 1. The largest absolute Gasteiger partial charge is 0.508 e. The molecule has 2 aromatic rings. The minimum atomic E-state index is -1.08. The van der Waals surface area contributed by atoms with Gasteiger partial charge in [-0.15, -0.1) is 0 Å². The SMILES string of the molecule is CCOCCCNC(=O)C1(c2ccccc2)N=CN(CC2CC2)C1c1ccc(O)cc1. The molecule has 2 atom stereocenters. The Morgan fingerprint density at radius 3 is 2.61 bits per heavy atom. The van der Waals surface area contributed by atoms with Crippen LogP contribution in [0.25, 0.3) is 0 Å². The molecule has 6 heteroatoms. The van der Waals surface area contributed by atoms with Gasteiger partial charge in [-0.1, -0.05) is 42.5 Å². The lowest BCUT2D eigenvalue weighted by molar-refractivity contribution is -0.128. The summed E-state index contributed by atoms with van der Waals surface area (Å²) in [5.41, 5.74) is 0.743. The van der Waals surface area contributed by atoms with Crippen molar-refractivity contribution >= 4 is 12.2 Å². The van der Waals surface area contributed by atoms with Gasteiger partial charge in [-0.05, 0) is 55.4 Å². The average Bonchev–Trinajstić information content (AvgIpc) is 3.53. The highest BCUT2D eigenvalue weighted by atomic mass is 16.5. The predicted octanol–water partition coefficient (Wildman–Crippen LogP) is 3.63. The van der Waals surface area contributed by atoms with Gasteiger partial charge in [0, 0.05) is 26.3 Å². The van der Waals surface area contributed by atoms with E-state index in [1.54, 1.807) is 12.1 Å². The third-order valence-electron chi connectivity index (χ3n) is 6.03. The molecule has 164 valence electrons. The van der Waals surface area contributed by atoms with Gasteiger partial charge in [-0.3, -0.25) is 9.79 Å². The van der Waals surface area contributed by atoms with E-state index in [0.29, 0.717) is 25.7 Å². The Hall–Kier alpha value is -2.86. The topological polar surface area (TPSA) is 74.2 Å². The molecule has 1 heterocycles. The van der Waals surface area contributed by atoms with Crippen molar-refractivity contribution in [1.29, 1.82) is 0 Å². The monoisotopic (exact) mass is 421 g/mol. The maximum atomic E-state index is 13.8. The van der Waals surface area contributed by atoms with Crippen LogP contribution in [0.1, 0.15) is 43.4 Å². The summed E-state index contributed by atoms with van der Waals surface area (Å²) in [7, 11) is 0. The van der Waals surface area contributed by atoms with E-state index >= 15 is 0 Å². The molecule has 1 fully saturated rings. The van der Waals surface area contributed by atoms with Crippen molar-refractivity contribution in [2.45, 2.75) is 37.8 Å². The molecule has 1 aliphatic heterocycles. The lowest BCUT2D eigenvalue weighted by Gasteiger charge is -2.37. The first-order chi connectivity index (χ1) is 15.1. The molecule has 2 N–H and O–H groups in total. The van der Waals surface area contributed by atoms with Crippen LogP contribution in [0.2, 0.25) is 0 Å². The third kappa shape index (κ3) is 4.59. The first-order valence-corrected chi connectivity index (χ1v) is 11.2. The van der Waals surface area contributed by atoms with E-state index in [1.807, 2.05) is 55.7 Å². The first kappa shape index (κ1) is 21.4. The van der Waals surface area contributed by atoms with E-state index < -0.39 is 5.54 Å². The number of hydrogen-bond acceptors (Lipinski definition) is 5. The summed E-state index contributed by atoms with van der Waals surface area (Å²) >= 11 is 0. The summed E-state index contributed by atoms with van der Waals surface area (Å²) in [5.74, 6) is 0.747. The minimum absolute atomic E-state index is 0.108. The second-order valence-corrected chi connectivity index (χ2v) is 8.32. The molecule has 0 aromatic heterocycles. The van der Waals surface area contributed by atoms with Crippen LogP contribution in [0.5, 0.6) is 5.75 Å². The number of benzene rings is 2. The molecule has 1 amide bonds. The van der Waals surface area contributed by atoms with Gasteiger partial charge < -0.3 is 20.1 Å². The molecule has 1 saturated carbocycles. The molecular weight excluding hydrogens is 390 g/mol. The summed E-state index contributed by atoms with van der Waals surface area (Å²) in [6, 6.07) is 16.7. The quantitative estimate of drug-likeness (QED) is 0.575. The fourth-order valence-corrected chi connectivity index (χ4v) is 4.28. The fraction of sp³-hybridized carbons (Fsp3) is 0.440. The number of rotatable bonds is 10. The van der Waals surface area contributed by atoms with Crippen molar-refractivity contribution < 1.29 is 14.6 Å². The second kappa shape index (κ2) is 9.52. The molecule has 2 aromatic carbocycles. The van der Waals surface area contributed by atoms with Crippen LogP contribution in [0.4, 0.5) is 0 Å². The van der Waals surface area contributed by atoms with Gasteiger partial charge in [-0.25, -0.2) is 0 Å². The lowest BCUT2D eigenvalue weighted by atomic mass is 9.79. The van der Waals surface area contributed by atoms with E-state index in [0.717, 1.165) is 24.1 Å². The Kier molecular flexibility index (Phi) is 6.56. The number of aliphatic imine (C=N–C) groups is 1. The number of aromatic hydroxyl groups is 1. The average molecular weight is 422 g/mol. The highest BCUT2D eigenvalue weighted by Crippen LogP contribution is 2.47. The third-order valence-corrected chi connectivity index (χ3v) is 6.03. The van der Waals surface area contributed by atoms with E-state index in [-0.39, 0.29) is 17.7 Å². The lowest BCUT2D eigenvalue weighted by Crippen LogP contribution is -2.49. The number of hydrogen-bond donors (Lipinski definition) is 2. The minimum Gasteiger partial charge on any atom is -0.508 e. The molecule has 0 saturated heterocycles. The summed E-state index contributed by atoms with van der Waals surface area (Å²) in [6.45, 7) is 4.67. The van der Waals surface area contributed by atoms with Gasteiger partial charge in [0.15, 0.2) is 5.54 Å². The Bertz CT molecular complexity index is 896. The van der Waals surface area contributed by atoms with Crippen LogP contribution < -0.4 is 5.32 Å². The number of carbonyl (C=O) groups excluding carboxylic acids is 1. The Morgan fingerprint density at radius 2 is 1.94 bits per heavy atom. The number of nitrogens with zero attached hydrogens (tertiary/aromatic N) is 2. The zero-order valence-electron chi connectivity index (χ0n) is 18.0. The predicted molar refractivity (Wildman–Crippen MR) is 121 cm³/mol. The van der Waals surface area contributed by atoms with Gasteiger partial charge in [0.2, 0.25) is 0 Å². The molecule has 0 bridgehead atoms. The molecular formula is C25H31N3O3. The number of nitrogens with one attached hydrogen (secondary N) is 1. The van der Waals surface area contributed by atoms with Crippen molar-refractivity contribution in [3.05, 3.63) is 65.7 Å². The summed E-state index contributed by atoms with van der Waals surface area (Å²) in [6.07, 6.45) is 5.04. The maximum Gasteiger partial charge on any atom is 0.255 e. The molecule has 6 nitrogen and oxygen atoms in total. The summed E-state index contributed by atoms with van der Waals surface area (Å²) in [5, 5.41) is 12.9. The van der Waals surface area contributed by atoms with Crippen LogP contribution in [0.15, 0.2) is 59.6 Å². The molecule has 4 rings (SSSR count). The summed E-state index contributed by atoms with van der Waals surface area (Å²) in [4.78, 5) is 20.9. The number of phenols is 1. The van der Waals surface area contributed by atoms with Crippen molar-refractivity contribution in [2.75, 3.05) is 26.3 Å². The maximum absolute atomic E-state index is 13.8. The normalized spacial score (nSPS) is 22.6. The molecule has 0 spiro atoms. The van der Waals surface area contributed by atoms with Crippen LogP contribution in [0, 0.1) is 5.92 Å². The van der Waals surface area contributed by atoms with Gasteiger partial charge in [0.05, 0.1) is 12.4 Å². The van der Waals surface area contributed by atoms with Gasteiger partial charge in [0.25, 0.3) is 5.91 Å². The molecule has 1 aliphatic carbocycles. The zero-order chi connectivity index (χ0) is 21.7. The van der Waals surface area contributed by atoms with E-state index in [2.05, 4.69) is 10.2 Å². The Morgan fingerprint density at radius 1 is 1.19 bits per heavy atom. The van der Waals surface area contributed by atoms with Crippen molar-refractivity contribution in [3.8, 4) is 5.75 Å². The van der Waals surface area contributed by atoms with Gasteiger partial charge in [0.1, 0.15) is 5.75 Å². The van der Waals surface area contributed by atoms with Gasteiger partial charge >= 0.3 is 0 Å². The Balaban J connectivity index is 1.69. The van der Waals surface area contributed by atoms with E-state index in [4.69, 9.17) is 9.73 Å². The molecule has 31 heavy (non-hydrogen) atoms. The van der Waals surface area contributed by atoms with Gasteiger partial charge in [-0.2, -0.15) is 0 Å². The summed E-state index contributed by atoms with van der Waals surface area (Å²) < 4.78 is 5.41. The van der Waals surface area contributed by atoms with E-state index in [1.165, 1.54) is 12.8 Å². The van der Waals surface area contributed by atoms with Crippen LogP contribution in [0.3, 0.4) is 0 Å². The van der Waals surface area contributed by atoms with Crippen molar-refractivity contribution in [1.82, 2.24) is 10.2 Å². The zero-order valence-corrected chi connectivity index (χ0v) is 18.0. The number of amides is 1. The van der Waals surface area contributed by atoms with Crippen LogP contribution in [-0.2, 0) is 15.1 Å². The molecule has 0 radical (unpaired) electrons.